The van der Waals surface area contributed by atoms with Crippen LogP contribution < -0.4 is 4.74 Å². The first-order valence-corrected chi connectivity index (χ1v) is 6.94. The van der Waals surface area contributed by atoms with Crippen molar-refractivity contribution in [3.63, 3.8) is 0 Å². The van der Waals surface area contributed by atoms with Crippen LogP contribution in [0.1, 0.15) is 44.6 Å². The lowest BCUT2D eigenvalue weighted by molar-refractivity contribution is 0.268. The Hall–Kier alpha value is -0.980. The summed E-state index contributed by atoms with van der Waals surface area (Å²) in [5, 5.41) is 0. The Morgan fingerprint density at radius 3 is 2.12 bits per heavy atom. The van der Waals surface area contributed by atoms with Crippen molar-refractivity contribution in [1.82, 2.24) is 0 Å². The number of hydrogen-bond donors (Lipinski definition) is 0. The van der Waals surface area contributed by atoms with Crippen LogP contribution in [0.3, 0.4) is 0 Å². The Kier molecular flexibility index (Phi) is 4.47. The highest BCUT2D eigenvalue weighted by atomic mass is 16.5. The van der Waals surface area contributed by atoms with Crippen molar-refractivity contribution in [3.05, 3.63) is 29.8 Å². The van der Waals surface area contributed by atoms with Gasteiger partial charge in [0.1, 0.15) is 5.75 Å². The zero-order chi connectivity index (χ0) is 12.1. The average Bonchev–Trinajstić information content (AvgIpc) is 2.40. The number of hydrogen-bond acceptors (Lipinski definition) is 1. The number of methoxy groups -OCH3 is 1. The quantitative estimate of drug-likeness (QED) is 0.745. The van der Waals surface area contributed by atoms with Gasteiger partial charge in [-0.25, -0.2) is 0 Å². The minimum Gasteiger partial charge on any atom is -0.497 e. The number of rotatable bonds is 4. The van der Waals surface area contributed by atoms with Crippen LogP contribution in [0.15, 0.2) is 24.3 Å². The molecular formula is C16H24O. The highest BCUT2D eigenvalue weighted by Gasteiger charge is 2.19. The van der Waals surface area contributed by atoms with Crippen molar-refractivity contribution >= 4 is 0 Å². The number of benzene rings is 1. The molecule has 0 radical (unpaired) electrons. The predicted molar refractivity (Wildman–Crippen MR) is 72.4 cm³/mol. The molecule has 0 atom stereocenters. The van der Waals surface area contributed by atoms with Gasteiger partial charge in [0.2, 0.25) is 0 Å². The maximum absolute atomic E-state index is 5.19. The van der Waals surface area contributed by atoms with Crippen LogP contribution >= 0.6 is 0 Å². The lowest BCUT2D eigenvalue weighted by Crippen LogP contribution is -2.15. The van der Waals surface area contributed by atoms with E-state index < -0.39 is 0 Å². The van der Waals surface area contributed by atoms with Gasteiger partial charge in [-0.1, -0.05) is 38.3 Å². The molecule has 1 aromatic rings. The molecule has 1 aromatic carbocycles. The van der Waals surface area contributed by atoms with E-state index in [1.54, 1.807) is 7.11 Å². The van der Waals surface area contributed by atoms with Gasteiger partial charge in [-0.15, -0.1) is 0 Å². The van der Waals surface area contributed by atoms with Crippen molar-refractivity contribution in [2.45, 2.75) is 45.4 Å². The molecular weight excluding hydrogens is 208 g/mol. The normalized spacial score (nSPS) is 24.6. The lowest BCUT2D eigenvalue weighted by atomic mass is 9.78. The Morgan fingerprint density at radius 1 is 1.00 bits per heavy atom. The van der Waals surface area contributed by atoms with Gasteiger partial charge in [-0.2, -0.15) is 0 Å². The largest absolute Gasteiger partial charge is 0.497 e. The van der Waals surface area contributed by atoms with Gasteiger partial charge in [0.15, 0.2) is 0 Å². The van der Waals surface area contributed by atoms with Gasteiger partial charge >= 0.3 is 0 Å². The molecule has 0 aromatic heterocycles. The van der Waals surface area contributed by atoms with E-state index in [0.29, 0.717) is 0 Å². The van der Waals surface area contributed by atoms with Gasteiger partial charge < -0.3 is 4.74 Å². The molecule has 0 unspecified atom stereocenters. The fourth-order valence-corrected chi connectivity index (χ4v) is 2.94. The van der Waals surface area contributed by atoms with Crippen LogP contribution in [-0.4, -0.2) is 7.11 Å². The summed E-state index contributed by atoms with van der Waals surface area (Å²) in [6, 6.07) is 8.58. The molecule has 94 valence electrons. The highest BCUT2D eigenvalue weighted by molar-refractivity contribution is 5.27. The fourth-order valence-electron chi connectivity index (χ4n) is 2.94. The first-order valence-electron chi connectivity index (χ1n) is 6.94. The molecule has 1 saturated carbocycles. The van der Waals surface area contributed by atoms with Crippen molar-refractivity contribution in [2.24, 2.45) is 11.8 Å². The summed E-state index contributed by atoms with van der Waals surface area (Å²) >= 11 is 0. The third kappa shape index (κ3) is 3.49. The first-order chi connectivity index (χ1) is 8.31. The minimum atomic E-state index is 0.909. The molecule has 2 rings (SSSR count). The molecule has 0 amide bonds. The predicted octanol–water partition coefficient (Wildman–Crippen LogP) is 4.45. The Morgan fingerprint density at radius 2 is 1.59 bits per heavy atom. The summed E-state index contributed by atoms with van der Waals surface area (Å²) in [6.45, 7) is 2.33. The van der Waals surface area contributed by atoms with E-state index >= 15 is 0 Å². The van der Waals surface area contributed by atoms with E-state index in [2.05, 4.69) is 31.2 Å². The van der Waals surface area contributed by atoms with Crippen LogP contribution in [0.2, 0.25) is 0 Å². The third-order valence-corrected chi connectivity index (χ3v) is 4.23. The van der Waals surface area contributed by atoms with Gasteiger partial charge in [-0.05, 0) is 48.8 Å². The fraction of sp³-hybridized carbons (Fsp3) is 0.625. The second-order valence-corrected chi connectivity index (χ2v) is 5.35. The van der Waals surface area contributed by atoms with E-state index in [9.17, 15) is 0 Å². The molecule has 0 N–H and O–H groups in total. The van der Waals surface area contributed by atoms with Gasteiger partial charge in [0.05, 0.1) is 7.11 Å². The summed E-state index contributed by atoms with van der Waals surface area (Å²) in [5.41, 5.74) is 1.46. The average molecular weight is 232 g/mol. The molecule has 0 bridgehead atoms. The molecule has 0 saturated heterocycles. The van der Waals surface area contributed by atoms with Gasteiger partial charge in [-0.3, -0.25) is 0 Å². The zero-order valence-electron chi connectivity index (χ0n) is 11.1. The summed E-state index contributed by atoms with van der Waals surface area (Å²) in [7, 11) is 1.72. The molecule has 1 aliphatic rings. The zero-order valence-corrected chi connectivity index (χ0v) is 11.1. The van der Waals surface area contributed by atoms with E-state index in [4.69, 9.17) is 4.74 Å². The maximum atomic E-state index is 5.19. The molecule has 0 heterocycles. The van der Waals surface area contributed by atoms with Crippen molar-refractivity contribution in [3.8, 4) is 5.75 Å². The van der Waals surface area contributed by atoms with Crippen molar-refractivity contribution < 1.29 is 4.74 Å². The highest BCUT2D eigenvalue weighted by Crippen LogP contribution is 2.32. The van der Waals surface area contributed by atoms with Crippen molar-refractivity contribution in [2.75, 3.05) is 7.11 Å². The monoisotopic (exact) mass is 232 g/mol. The van der Waals surface area contributed by atoms with Crippen LogP contribution in [0, 0.1) is 11.8 Å². The second-order valence-electron chi connectivity index (χ2n) is 5.35. The van der Waals surface area contributed by atoms with Gasteiger partial charge in [0.25, 0.3) is 0 Å². The SMILES string of the molecule is CCC1CCC(Cc2ccc(OC)cc2)CC1. The standard InChI is InChI=1S/C16H24O/c1-3-13-4-6-14(7-5-13)12-15-8-10-16(17-2)11-9-15/h8-11,13-14H,3-7,12H2,1-2H3. The Balaban J connectivity index is 1.84. The maximum Gasteiger partial charge on any atom is 0.118 e. The van der Waals surface area contributed by atoms with Crippen molar-refractivity contribution in [1.29, 1.82) is 0 Å². The lowest BCUT2D eigenvalue weighted by Gasteiger charge is -2.27. The molecule has 1 nitrogen and oxygen atoms in total. The molecule has 1 fully saturated rings. The third-order valence-electron chi connectivity index (χ3n) is 4.23. The van der Waals surface area contributed by atoms with Crippen LogP contribution in [0.4, 0.5) is 0 Å². The molecule has 0 aliphatic heterocycles. The summed E-state index contributed by atoms with van der Waals surface area (Å²) in [6.07, 6.45) is 8.35. The Bertz CT molecular complexity index is 320. The smallest absolute Gasteiger partial charge is 0.118 e. The van der Waals surface area contributed by atoms with Crippen LogP contribution in [0.25, 0.3) is 0 Å². The minimum absolute atomic E-state index is 0.909. The summed E-state index contributed by atoms with van der Waals surface area (Å²) < 4.78 is 5.19. The molecule has 1 aliphatic carbocycles. The molecule has 0 spiro atoms. The first kappa shape index (κ1) is 12.5. The summed E-state index contributed by atoms with van der Waals surface area (Å²) in [4.78, 5) is 0. The molecule has 17 heavy (non-hydrogen) atoms. The Labute approximate surface area is 105 Å². The number of ether oxygens (including phenoxy) is 1. The van der Waals surface area contributed by atoms with Gasteiger partial charge in [0, 0.05) is 0 Å². The van der Waals surface area contributed by atoms with E-state index in [1.807, 2.05) is 0 Å². The van der Waals surface area contributed by atoms with Crippen LogP contribution in [-0.2, 0) is 6.42 Å². The van der Waals surface area contributed by atoms with E-state index in [-0.39, 0.29) is 0 Å². The van der Waals surface area contributed by atoms with Crippen LogP contribution in [0.5, 0.6) is 5.75 Å². The van der Waals surface area contributed by atoms with E-state index in [0.717, 1.165) is 17.6 Å². The topological polar surface area (TPSA) is 9.23 Å². The second kappa shape index (κ2) is 6.09. The molecule has 1 heteroatoms. The summed E-state index contributed by atoms with van der Waals surface area (Å²) in [5.74, 6) is 2.87. The van der Waals surface area contributed by atoms with E-state index in [1.165, 1.54) is 44.1 Å².